The van der Waals surface area contributed by atoms with Crippen molar-refractivity contribution in [3.05, 3.63) is 85.0 Å². The number of carbonyl (C=O) groups excluding carboxylic acids is 2. The van der Waals surface area contributed by atoms with Gasteiger partial charge in [-0.3, -0.25) is 19.8 Å². The molecule has 1 heterocycles. The third-order valence-corrected chi connectivity index (χ3v) is 4.76. The maximum atomic E-state index is 13.2. The van der Waals surface area contributed by atoms with Crippen LogP contribution in [0.1, 0.15) is 12.5 Å². The molecule has 9 heteroatoms. The Morgan fingerprint density at radius 2 is 1.79 bits per heavy atom. The molecule has 1 aliphatic rings. The van der Waals surface area contributed by atoms with E-state index in [4.69, 9.17) is 27.9 Å². The Labute approximate surface area is 175 Å². The van der Waals surface area contributed by atoms with Gasteiger partial charge >= 0.3 is 5.97 Å². The summed E-state index contributed by atoms with van der Waals surface area (Å²) in [6.07, 6.45) is 1.31. The predicted molar refractivity (Wildman–Crippen MR) is 110 cm³/mol. The predicted octanol–water partition coefficient (Wildman–Crippen LogP) is 4.78. The standard InChI is InChI=1S/C20H14Cl2N2O5/c1-11-18(20(26)29-2)16(7-12-5-3-4-6-17(12)24(27)28)19(25)23(11)15-9-13(21)8-14(22)10-15/h3-10H,1-2H3/b16-7-. The lowest BCUT2D eigenvalue weighted by Gasteiger charge is -2.18. The molecule has 0 fully saturated rings. The SMILES string of the molecule is COC(=O)C1=C(C)N(c2cc(Cl)cc(Cl)c2)C(=O)/C1=C\c1ccccc1[N+](=O)[O-]. The molecule has 0 bridgehead atoms. The van der Waals surface area contributed by atoms with Gasteiger partial charge in [-0.1, -0.05) is 35.3 Å². The van der Waals surface area contributed by atoms with Crippen LogP contribution in [0.3, 0.4) is 0 Å². The van der Waals surface area contributed by atoms with Gasteiger partial charge in [0.25, 0.3) is 11.6 Å². The van der Waals surface area contributed by atoms with E-state index in [2.05, 4.69) is 0 Å². The lowest BCUT2D eigenvalue weighted by molar-refractivity contribution is -0.385. The van der Waals surface area contributed by atoms with E-state index in [1.165, 1.54) is 54.5 Å². The van der Waals surface area contributed by atoms with Gasteiger partial charge in [-0.15, -0.1) is 0 Å². The number of para-hydroxylation sites is 1. The van der Waals surface area contributed by atoms with E-state index in [9.17, 15) is 19.7 Å². The van der Waals surface area contributed by atoms with Crippen molar-refractivity contribution < 1.29 is 19.2 Å². The van der Waals surface area contributed by atoms with Crippen LogP contribution in [-0.2, 0) is 14.3 Å². The van der Waals surface area contributed by atoms with Crippen molar-refractivity contribution >= 4 is 52.5 Å². The minimum atomic E-state index is -0.740. The number of nitrogens with zero attached hydrogens (tertiary/aromatic N) is 2. The molecule has 3 rings (SSSR count). The van der Waals surface area contributed by atoms with Crippen LogP contribution in [0.4, 0.5) is 11.4 Å². The molecule has 7 nitrogen and oxygen atoms in total. The first kappa shape index (κ1) is 20.6. The van der Waals surface area contributed by atoms with E-state index < -0.39 is 16.8 Å². The molecule has 0 aliphatic carbocycles. The van der Waals surface area contributed by atoms with E-state index in [0.717, 1.165) is 0 Å². The van der Waals surface area contributed by atoms with Crippen LogP contribution in [0.15, 0.2) is 59.3 Å². The molecule has 0 atom stereocenters. The van der Waals surface area contributed by atoms with Crippen LogP contribution < -0.4 is 4.90 Å². The molecule has 1 amide bonds. The van der Waals surface area contributed by atoms with E-state index in [-0.39, 0.29) is 22.4 Å². The van der Waals surface area contributed by atoms with Crippen LogP contribution in [0.25, 0.3) is 6.08 Å². The molecule has 0 saturated heterocycles. The summed E-state index contributed by atoms with van der Waals surface area (Å²) in [5.41, 5.74) is 0.619. The largest absolute Gasteiger partial charge is 0.465 e. The Hall–Kier alpha value is -3.16. The second kappa shape index (κ2) is 8.06. The van der Waals surface area contributed by atoms with Crippen molar-refractivity contribution in [3.8, 4) is 0 Å². The quantitative estimate of drug-likeness (QED) is 0.300. The molecule has 0 aromatic heterocycles. The zero-order valence-corrected chi connectivity index (χ0v) is 16.8. The summed E-state index contributed by atoms with van der Waals surface area (Å²) in [6, 6.07) is 10.5. The number of allylic oxidation sites excluding steroid dienone is 1. The van der Waals surface area contributed by atoms with Gasteiger partial charge in [-0.05, 0) is 37.3 Å². The molecule has 2 aromatic rings. The minimum Gasteiger partial charge on any atom is -0.465 e. The lowest BCUT2D eigenvalue weighted by atomic mass is 10.0. The summed E-state index contributed by atoms with van der Waals surface area (Å²) < 4.78 is 4.83. The molecule has 148 valence electrons. The Kier molecular flexibility index (Phi) is 5.72. The summed E-state index contributed by atoms with van der Waals surface area (Å²) in [7, 11) is 1.19. The fourth-order valence-corrected chi connectivity index (χ4v) is 3.61. The maximum Gasteiger partial charge on any atom is 0.340 e. The number of ether oxygens (including phenoxy) is 1. The third kappa shape index (κ3) is 3.87. The van der Waals surface area contributed by atoms with Gasteiger partial charge < -0.3 is 4.74 Å². The van der Waals surface area contributed by atoms with Crippen molar-refractivity contribution in [2.45, 2.75) is 6.92 Å². The number of nitro benzene ring substituents is 1. The number of rotatable bonds is 4. The number of anilines is 1. The number of carbonyl (C=O) groups is 2. The van der Waals surface area contributed by atoms with E-state index in [1.54, 1.807) is 13.0 Å². The summed E-state index contributed by atoms with van der Waals surface area (Å²) >= 11 is 12.1. The van der Waals surface area contributed by atoms with Gasteiger partial charge in [0.15, 0.2) is 0 Å². The summed E-state index contributed by atoms with van der Waals surface area (Å²) in [4.78, 5) is 37.7. The zero-order valence-electron chi connectivity index (χ0n) is 15.3. The molecule has 0 radical (unpaired) electrons. The first-order valence-electron chi connectivity index (χ1n) is 8.29. The number of methoxy groups -OCH3 is 1. The van der Waals surface area contributed by atoms with Gasteiger partial charge in [0.1, 0.15) is 0 Å². The number of esters is 1. The molecule has 0 N–H and O–H groups in total. The highest BCUT2D eigenvalue weighted by Crippen LogP contribution is 2.38. The summed E-state index contributed by atoms with van der Waals surface area (Å²) in [5.74, 6) is -1.30. The number of benzene rings is 2. The molecule has 2 aromatic carbocycles. The fourth-order valence-electron chi connectivity index (χ4n) is 3.09. The van der Waals surface area contributed by atoms with Gasteiger partial charge in [0.05, 0.1) is 34.4 Å². The Morgan fingerprint density at radius 3 is 2.38 bits per heavy atom. The van der Waals surface area contributed by atoms with Crippen molar-refractivity contribution in [1.29, 1.82) is 0 Å². The van der Waals surface area contributed by atoms with Gasteiger partial charge in [0, 0.05) is 21.8 Å². The smallest absolute Gasteiger partial charge is 0.340 e. The number of hydrogen-bond donors (Lipinski definition) is 0. The van der Waals surface area contributed by atoms with Crippen LogP contribution in [0.2, 0.25) is 10.0 Å². The Morgan fingerprint density at radius 1 is 1.17 bits per heavy atom. The van der Waals surface area contributed by atoms with Crippen LogP contribution in [0.5, 0.6) is 0 Å². The number of amides is 1. The average Bonchev–Trinajstić information content (AvgIpc) is 2.90. The highest BCUT2D eigenvalue weighted by Gasteiger charge is 2.38. The minimum absolute atomic E-state index is 0.00625. The summed E-state index contributed by atoms with van der Waals surface area (Å²) in [5, 5.41) is 11.9. The third-order valence-electron chi connectivity index (χ3n) is 4.33. The fraction of sp³-hybridized carbons (Fsp3) is 0.100. The number of halogens is 2. The van der Waals surface area contributed by atoms with Gasteiger partial charge in [-0.25, -0.2) is 4.79 Å². The van der Waals surface area contributed by atoms with Crippen LogP contribution >= 0.6 is 23.2 Å². The number of nitro groups is 1. The van der Waals surface area contributed by atoms with Crippen LogP contribution in [-0.4, -0.2) is 23.9 Å². The van der Waals surface area contributed by atoms with Gasteiger partial charge in [0.2, 0.25) is 0 Å². The molecule has 1 aliphatic heterocycles. The van der Waals surface area contributed by atoms with E-state index in [1.807, 2.05) is 0 Å². The highest BCUT2D eigenvalue weighted by atomic mass is 35.5. The molecule has 0 saturated carbocycles. The van der Waals surface area contributed by atoms with Crippen molar-refractivity contribution in [2.75, 3.05) is 12.0 Å². The molecular weight excluding hydrogens is 419 g/mol. The number of hydrogen-bond acceptors (Lipinski definition) is 5. The molecule has 0 unspecified atom stereocenters. The van der Waals surface area contributed by atoms with Crippen molar-refractivity contribution in [3.63, 3.8) is 0 Å². The van der Waals surface area contributed by atoms with Crippen LogP contribution in [0, 0.1) is 10.1 Å². The normalized spacial score (nSPS) is 15.2. The molecular formula is C20H14Cl2N2O5. The monoisotopic (exact) mass is 432 g/mol. The first-order chi connectivity index (χ1) is 13.7. The maximum absolute atomic E-state index is 13.2. The zero-order chi connectivity index (χ0) is 21.3. The second-order valence-electron chi connectivity index (χ2n) is 6.09. The first-order valence-corrected chi connectivity index (χ1v) is 9.05. The van der Waals surface area contributed by atoms with E-state index in [0.29, 0.717) is 21.4 Å². The highest BCUT2D eigenvalue weighted by molar-refractivity contribution is 6.35. The Balaban J connectivity index is 2.21. The summed E-state index contributed by atoms with van der Waals surface area (Å²) in [6.45, 7) is 1.57. The second-order valence-corrected chi connectivity index (χ2v) is 6.97. The topological polar surface area (TPSA) is 89.8 Å². The lowest BCUT2D eigenvalue weighted by Crippen LogP contribution is -2.24. The van der Waals surface area contributed by atoms with Crippen molar-refractivity contribution in [1.82, 2.24) is 0 Å². The average molecular weight is 433 g/mol. The van der Waals surface area contributed by atoms with E-state index >= 15 is 0 Å². The van der Waals surface area contributed by atoms with Gasteiger partial charge in [-0.2, -0.15) is 0 Å². The molecule has 0 spiro atoms. The Bertz CT molecular complexity index is 1090. The molecule has 29 heavy (non-hydrogen) atoms. The van der Waals surface area contributed by atoms with Crippen molar-refractivity contribution in [2.24, 2.45) is 0 Å².